The zero-order valence-electron chi connectivity index (χ0n) is 5.86. The van der Waals surface area contributed by atoms with Gasteiger partial charge in [0.25, 0.3) is 0 Å². The molecule has 0 radical (unpaired) electrons. The quantitative estimate of drug-likeness (QED) is 0.586. The molecule has 0 spiro atoms. The summed E-state index contributed by atoms with van der Waals surface area (Å²) in [5, 5.41) is 0. The maximum Gasteiger partial charge on any atom is 0.357 e. The molecule has 66 valence electrons. The molecular formula is C6H6ClNO3S. The highest BCUT2D eigenvalue weighted by molar-refractivity contribution is 7.74. The number of rotatable bonds is 3. The predicted octanol–water partition coefficient (Wildman–Crippen LogP) is 1.77. The van der Waals surface area contributed by atoms with Gasteiger partial charge in [0.2, 0.25) is 0 Å². The van der Waals surface area contributed by atoms with Crippen LogP contribution in [0, 0.1) is 0 Å². The monoisotopic (exact) mass is 207 g/mol. The van der Waals surface area contributed by atoms with Gasteiger partial charge in [0.15, 0.2) is 5.75 Å². The van der Waals surface area contributed by atoms with Crippen LogP contribution in [-0.2, 0) is 11.4 Å². The van der Waals surface area contributed by atoms with Crippen LogP contribution in [0.2, 0.25) is 0 Å². The van der Waals surface area contributed by atoms with Crippen LogP contribution >= 0.6 is 11.8 Å². The fourth-order valence-electron chi connectivity index (χ4n) is 0.694. The Balaban J connectivity index is 2.89. The third-order valence-corrected chi connectivity index (χ3v) is 1.68. The van der Waals surface area contributed by atoms with Crippen molar-refractivity contribution in [1.29, 1.82) is 0 Å². The molecule has 0 bridgehead atoms. The van der Waals surface area contributed by atoms with Crippen LogP contribution in [0.25, 0.3) is 0 Å². The minimum atomic E-state index is -2.33. The molecule has 0 fully saturated rings. The van der Waals surface area contributed by atoms with E-state index in [0.717, 1.165) is 0 Å². The molecule has 2 N–H and O–H groups in total. The van der Waals surface area contributed by atoms with Crippen molar-refractivity contribution in [3.05, 3.63) is 24.3 Å². The van der Waals surface area contributed by atoms with Gasteiger partial charge in [0.05, 0.1) is 5.69 Å². The van der Waals surface area contributed by atoms with Crippen LogP contribution in [0.4, 0.5) is 5.69 Å². The molecular weight excluding hydrogens is 202 g/mol. The topological polar surface area (TPSA) is 58.6 Å². The van der Waals surface area contributed by atoms with E-state index in [1.165, 1.54) is 6.07 Å². The van der Waals surface area contributed by atoms with Crippen LogP contribution in [-0.4, -0.2) is 8.76 Å². The zero-order chi connectivity index (χ0) is 8.97. The van der Waals surface area contributed by atoms with Gasteiger partial charge in [-0.25, -0.2) is 0 Å². The van der Waals surface area contributed by atoms with Crippen LogP contribution in [0.15, 0.2) is 24.3 Å². The first-order chi connectivity index (χ1) is 5.74. The molecule has 0 heterocycles. The molecule has 1 aromatic rings. The molecule has 12 heavy (non-hydrogen) atoms. The molecule has 0 aromatic heterocycles. The second-order valence-corrected chi connectivity index (χ2v) is 2.68. The molecule has 0 saturated heterocycles. The lowest BCUT2D eigenvalue weighted by Crippen LogP contribution is -1.99. The van der Waals surface area contributed by atoms with Crippen molar-refractivity contribution in [2.45, 2.75) is 0 Å². The van der Waals surface area contributed by atoms with E-state index >= 15 is 0 Å². The maximum absolute atomic E-state index is 10.3. The van der Waals surface area contributed by atoms with Crippen LogP contribution in [0.5, 0.6) is 5.75 Å². The smallest absolute Gasteiger partial charge is 0.357 e. The summed E-state index contributed by atoms with van der Waals surface area (Å²) in [6, 6.07) is 6.53. The van der Waals surface area contributed by atoms with E-state index in [2.05, 4.69) is 9.02 Å². The lowest BCUT2D eigenvalue weighted by Gasteiger charge is -2.04. The standard InChI is InChI=1S/C6H6ClNO3S/c7-8-5-3-1-2-4-6(5)11-12(9)10/h1-4,8H,(H,9,10). The Hall–Kier alpha value is -0.780. The van der Waals surface area contributed by atoms with Crippen molar-refractivity contribution >= 4 is 28.8 Å². The Kier molecular flexibility index (Phi) is 3.33. The molecule has 0 aliphatic heterocycles. The number of anilines is 1. The van der Waals surface area contributed by atoms with Gasteiger partial charge in [-0.1, -0.05) is 12.1 Å². The van der Waals surface area contributed by atoms with Crippen molar-refractivity contribution in [2.24, 2.45) is 0 Å². The van der Waals surface area contributed by atoms with E-state index in [4.69, 9.17) is 16.3 Å². The fraction of sp³-hybridized carbons (Fsp3) is 0. The minimum absolute atomic E-state index is 0.230. The summed E-state index contributed by atoms with van der Waals surface area (Å²) >= 11 is 2.98. The van der Waals surface area contributed by atoms with E-state index in [9.17, 15) is 4.21 Å². The third kappa shape index (κ3) is 2.37. The molecule has 4 nitrogen and oxygen atoms in total. The highest BCUT2D eigenvalue weighted by Gasteiger charge is 2.03. The predicted molar refractivity (Wildman–Crippen MR) is 47.3 cm³/mol. The van der Waals surface area contributed by atoms with Gasteiger partial charge in [0.1, 0.15) is 0 Å². The summed E-state index contributed by atoms with van der Waals surface area (Å²) in [6.45, 7) is 0. The average molecular weight is 208 g/mol. The zero-order valence-corrected chi connectivity index (χ0v) is 7.43. The first-order valence-electron chi connectivity index (χ1n) is 2.99. The molecule has 1 rings (SSSR count). The first-order valence-corrected chi connectivity index (χ1v) is 4.40. The van der Waals surface area contributed by atoms with Crippen molar-refractivity contribution in [3.63, 3.8) is 0 Å². The Morgan fingerprint density at radius 3 is 2.75 bits per heavy atom. The average Bonchev–Trinajstić information content (AvgIpc) is 2.04. The lowest BCUT2D eigenvalue weighted by molar-refractivity contribution is 0.459. The van der Waals surface area contributed by atoms with Crippen molar-refractivity contribution < 1.29 is 12.9 Å². The van der Waals surface area contributed by atoms with Crippen molar-refractivity contribution in [2.75, 3.05) is 4.84 Å². The maximum atomic E-state index is 10.3. The van der Waals surface area contributed by atoms with E-state index in [1.807, 2.05) is 0 Å². The van der Waals surface area contributed by atoms with Gasteiger partial charge < -0.3 is 4.18 Å². The van der Waals surface area contributed by atoms with Crippen LogP contribution in [0.3, 0.4) is 0 Å². The summed E-state index contributed by atoms with van der Waals surface area (Å²) < 4.78 is 23.2. The highest BCUT2D eigenvalue weighted by atomic mass is 35.5. The third-order valence-electron chi connectivity index (χ3n) is 1.15. The van der Waals surface area contributed by atoms with Crippen molar-refractivity contribution in [1.82, 2.24) is 0 Å². The largest absolute Gasteiger partial charge is 0.378 e. The Labute approximate surface area is 77.1 Å². The summed E-state index contributed by atoms with van der Waals surface area (Å²) in [5.74, 6) is 0.230. The van der Waals surface area contributed by atoms with Gasteiger partial charge >= 0.3 is 11.4 Å². The summed E-state index contributed by atoms with van der Waals surface area (Å²) in [4.78, 5) is 2.30. The second kappa shape index (κ2) is 4.30. The van der Waals surface area contributed by atoms with E-state index < -0.39 is 11.4 Å². The number of para-hydroxylation sites is 2. The molecule has 1 atom stereocenters. The Morgan fingerprint density at radius 2 is 2.17 bits per heavy atom. The number of nitrogens with one attached hydrogen (secondary N) is 1. The van der Waals surface area contributed by atoms with Crippen molar-refractivity contribution in [3.8, 4) is 5.75 Å². The summed E-state index contributed by atoms with van der Waals surface area (Å²) in [5.41, 5.74) is 0.446. The molecule has 0 amide bonds. The Morgan fingerprint density at radius 1 is 1.50 bits per heavy atom. The number of benzene rings is 1. The van der Waals surface area contributed by atoms with Gasteiger partial charge in [-0.2, -0.15) is 4.21 Å². The number of hydrogen-bond donors (Lipinski definition) is 2. The second-order valence-electron chi connectivity index (χ2n) is 1.89. The summed E-state index contributed by atoms with van der Waals surface area (Å²) in [7, 11) is 0. The van der Waals surface area contributed by atoms with Crippen LogP contribution in [0.1, 0.15) is 0 Å². The van der Waals surface area contributed by atoms with Crippen LogP contribution < -0.4 is 9.02 Å². The molecule has 0 aliphatic rings. The Bertz CT molecular complexity index is 294. The molecule has 6 heteroatoms. The van der Waals surface area contributed by atoms with Gasteiger partial charge in [-0.3, -0.25) is 9.39 Å². The van der Waals surface area contributed by atoms with E-state index in [0.29, 0.717) is 5.69 Å². The fourth-order valence-corrected chi connectivity index (χ4v) is 1.15. The normalized spacial score (nSPS) is 12.2. The minimum Gasteiger partial charge on any atom is -0.378 e. The van der Waals surface area contributed by atoms with Gasteiger partial charge in [0, 0.05) is 11.8 Å². The summed E-state index contributed by atoms with van der Waals surface area (Å²) in [6.07, 6.45) is 0. The van der Waals surface area contributed by atoms with E-state index in [-0.39, 0.29) is 5.75 Å². The molecule has 1 aromatic carbocycles. The van der Waals surface area contributed by atoms with Gasteiger partial charge in [-0.15, -0.1) is 0 Å². The number of halogens is 1. The lowest BCUT2D eigenvalue weighted by atomic mass is 10.3. The molecule has 0 aliphatic carbocycles. The SMILES string of the molecule is O=S(O)Oc1ccccc1NCl. The first kappa shape index (κ1) is 9.31. The van der Waals surface area contributed by atoms with E-state index in [1.54, 1.807) is 18.2 Å². The molecule has 0 saturated carbocycles. The number of hydrogen-bond acceptors (Lipinski definition) is 3. The molecule has 1 unspecified atom stereocenters. The highest BCUT2D eigenvalue weighted by Crippen LogP contribution is 2.24. The van der Waals surface area contributed by atoms with Gasteiger partial charge in [-0.05, 0) is 12.1 Å².